The molecule has 1 unspecified atom stereocenters. The molecule has 92 valence electrons. The fourth-order valence-electron chi connectivity index (χ4n) is 1.90. The van der Waals surface area contributed by atoms with Crippen LogP contribution in [-0.4, -0.2) is 19.5 Å². The van der Waals surface area contributed by atoms with Crippen LogP contribution in [0.3, 0.4) is 0 Å². The molecule has 2 rings (SSSR count). The SMILES string of the molecule is CCCCOC1OCCC1=Cc1ccccc1. The van der Waals surface area contributed by atoms with Crippen LogP contribution in [0.5, 0.6) is 0 Å². The molecule has 0 N–H and O–H groups in total. The van der Waals surface area contributed by atoms with Gasteiger partial charge in [0.25, 0.3) is 0 Å². The minimum absolute atomic E-state index is 0.123. The van der Waals surface area contributed by atoms with Gasteiger partial charge in [-0.1, -0.05) is 49.8 Å². The number of benzene rings is 1. The van der Waals surface area contributed by atoms with Gasteiger partial charge in [-0.15, -0.1) is 0 Å². The van der Waals surface area contributed by atoms with E-state index < -0.39 is 0 Å². The third kappa shape index (κ3) is 3.69. The summed E-state index contributed by atoms with van der Waals surface area (Å²) >= 11 is 0. The van der Waals surface area contributed by atoms with E-state index in [4.69, 9.17) is 9.47 Å². The summed E-state index contributed by atoms with van der Waals surface area (Å²) in [5, 5.41) is 0. The second-order valence-electron chi connectivity index (χ2n) is 4.31. The zero-order valence-corrected chi connectivity index (χ0v) is 10.4. The van der Waals surface area contributed by atoms with E-state index >= 15 is 0 Å². The van der Waals surface area contributed by atoms with Gasteiger partial charge in [-0.25, -0.2) is 0 Å². The van der Waals surface area contributed by atoms with E-state index in [1.165, 1.54) is 11.1 Å². The van der Waals surface area contributed by atoms with Crippen molar-refractivity contribution in [3.05, 3.63) is 41.5 Å². The first kappa shape index (κ1) is 12.3. The van der Waals surface area contributed by atoms with E-state index in [1.54, 1.807) is 0 Å². The summed E-state index contributed by atoms with van der Waals surface area (Å²) in [6, 6.07) is 10.3. The summed E-state index contributed by atoms with van der Waals surface area (Å²) < 4.78 is 11.3. The molecule has 1 heterocycles. The van der Waals surface area contributed by atoms with Crippen molar-refractivity contribution < 1.29 is 9.47 Å². The van der Waals surface area contributed by atoms with Gasteiger partial charge in [0.1, 0.15) is 0 Å². The van der Waals surface area contributed by atoms with Crippen molar-refractivity contribution in [2.45, 2.75) is 32.5 Å². The van der Waals surface area contributed by atoms with Gasteiger partial charge in [0.05, 0.1) is 13.2 Å². The lowest BCUT2D eigenvalue weighted by Gasteiger charge is -2.12. The van der Waals surface area contributed by atoms with Crippen LogP contribution in [0.15, 0.2) is 35.9 Å². The Labute approximate surface area is 103 Å². The van der Waals surface area contributed by atoms with Crippen LogP contribution in [0.1, 0.15) is 31.7 Å². The van der Waals surface area contributed by atoms with Crippen molar-refractivity contribution in [3.63, 3.8) is 0 Å². The summed E-state index contributed by atoms with van der Waals surface area (Å²) in [4.78, 5) is 0. The van der Waals surface area contributed by atoms with Gasteiger partial charge in [0.2, 0.25) is 0 Å². The molecule has 1 atom stereocenters. The molecule has 1 fully saturated rings. The predicted octanol–water partition coefficient (Wildman–Crippen LogP) is 3.63. The molecule has 0 bridgehead atoms. The number of rotatable bonds is 5. The van der Waals surface area contributed by atoms with E-state index in [0.717, 1.165) is 32.5 Å². The minimum Gasteiger partial charge on any atom is -0.349 e. The lowest BCUT2D eigenvalue weighted by atomic mass is 10.1. The van der Waals surface area contributed by atoms with Crippen molar-refractivity contribution in [1.82, 2.24) is 0 Å². The van der Waals surface area contributed by atoms with Crippen LogP contribution < -0.4 is 0 Å². The Kier molecular flexibility index (Phi) is 4.77. The molecule has 0 aromatic heterocycles. The van der Waals surface area contributed by atoms with Crippen LogP contribution in [-0.2, 0) is 9.47 Å². The summed E-state index contributed by atoms with van der Waals surface area (Å²) in [6.07, 6.45) is 5.29. The Morgan fingerprint density at radius 3 is 2.94 bits per heavy atom. The standard InChI is InChI=1S/C15H20O2/c1-2-3-10-16-15-14(9-11-17-15)12-13-7-5-4-6-8-13/h4-8,12,15H,2-3,9-11H2,1H3. The molecule has 1 aliphatic heterocycles. The molecule has 17 heavy (non-hydrogen) atoms. The summed E-state index contributed by atoms with van der Waals surface area (Å²) in [7, 11) is 0. The van der Waals surface area contributed by atoms with Crippen molar-refractivity contribution in [1.29, 1.82) is 0 Å². The predicted molar refractivity (Wildman–Crippen MR) is 69.6 cm³/mol. The maximum absolute atomic E-state index is 5.74. The van der Waals surface area contributed by atoms with E-state index in [0.29, 0.717) is 0 Å². The van der Waals surface area contributed by atoms with Crippen molar-refractivity contribution in [2.24, 2.45) is 0 Å². The van der Waals surface area contributed by atoms with Crippen molar-refractivity contribution in [3.8, 4) is 0 Å². The average molecular weight is 232 g/mol. The zero-order valence-electron chi connectivity index (χ0n) is 10.4. The Bertz CT molecular complexity index is 356. The number of unbranched alkanes of at least 4 members (excludes halogenated alkanes) is 1. The molecule has 0 radical (unpaired) electrons. The van der Waals surface area contributed by atoms with Gasteiger partial charge in [-0.2, -0.15) is 0 Å². The first-order valence-electron chi connectivity index (χ1n) is 6.39. The maximum atomic E-state index is 5.74. The van der Waals surface area contributed by atoms with E-state index in [1.807, 2.05) is 6.07 Å². The van der Waals surface area contributed by atoms with Gasteiger partial charge >= 0.3 is 0 Å². The summed E-state index contributed by atoms with van der Waals surface area (Å²) in [6.45, 7) is 3.72. The van der Waals surface area contributed by atoms with Crippen LogP contribution in [0.25, 0.3) is 6.08 Å². The maximum Gasteiger partial charge on any atom is 0.180 e. The molecule has 2 nitrogen and oxygen atoms in total. The fourth-order valence-corrected chi connectivity index (χ4v) is 1.90. The number of ether oxygens (including phenoxy) is 2. The van der Waals surface area contributed by atoms with Crippen molar-refractivity contribution in [2.75, 3.05) is 13.2 Å². The molecule has 1 saturated heterocycles. The Morgan fingerprint density at radius 2 is 2.18 bits per heavy atom. The molecule has 0 spiro atoms. The van der Waals surface area contributed by atoms with Gasteiger partial charge in [0, 0.05) is 0 Å². The third-order valence-electron chi connectivity index (χ3n) is 2.88. The highest BCUT2D eigenvalue weighted by atomic mass is 16.7. The monoisotopic (exact) mass is 232 g/mol. The Hall–Kier alpha value is -1.12. The lowest BCUT2D eigenvalue weighted by molar-refractivity contribution is -0.0926. The molecular formula is C15H20O2. The quantitative estimate of drug-likeness (QED) is 0.722. The molecular weight excluding hydrogens is 212 g/mol. The first-order valence-corrected chi connectivity index (χ1v) is 6.39. The Morgan fingerprint density at radius 1 is 1.35 bits per heavy atom. The largest absolute Gasteiger partial charge is 0.349 e. The van der Waals surface area contributed by atoms with Gasteiger partial charge < -0.3 is 9.47 Å². The summed E-state index contributed by atoms with van der Waals surface area (Å²) in [5.41, 5.74) is 2.48. The van der Waals surface area contributed by atoms with Gasteiger partial charge in [-0.05, 0) is 24.0 Å². The van der Waals surface area contributed by atoms with E-state index in [-0.39, 0.29) is 6.29 Å². The van der Waals surface area contributed by atoms with Crippen molar-refractivity contribution >= 4 is 6.08 Å². The molecule has 0 aliphatic carbocycles. The summed E-state index contributed by atoms with van der Waals surface area (Å²) in [5.74, 6) is 0. The second-order valence-corrected chi connectivity index (χ2v) is 4.31. The van der Waals surface area contributed by atoms with Crippen LogP contribution >= 0.6 is 0 Å². The normalized spacial score (nSPS) is 22.2. The average Bonchev–Trinajstić information content (AvgIpc) is 2.79. The number of hydrogen-bond donors (Lipinski definition) is 0. The Balaban J connectivity index is 1.97. The molecule has 2 heteroatoms. The first-order chi connectivity index (χ1) is 8.40. The molecule has 1 aromatic carbocycles. The third-order valence-corrected chi connectivity index (χ3v) is 2.88. The van der Waals surface area contributed by atoms with Crippen LogP contribution in [0.2, 0.25) is 0 Å². The topological polar surface area (TPSA) is 18.5 Å². The minimum atomic E-state index is -0.123. The number of hydrogen-bond acceptors (Lipinski definition) is 2. The van der Waals surface area contributed by atoms with Gasteiger partial charge in [0.15, 0.2) is 6.29 Å². The molecule has 0 saturated carbocycles. The highest BCUT2D eigenvalue weighted by molar-refractivity contribution is 5.53. The molecule has 0 amide bonds. The highest BCUT2D eigenvalue weighted by Gasteiger charge is 2.21. The van der Waals surface area contributed by atoms with Crippen LogP contribution in [0.4, 0.5) is 0 Å². The fraction of sp³-hybridized carbons (Fsp3) is 0.467. The molecule has 1 aromatic rings. The van der Waals surface area contributed by atoms with Gasteiger partial charge in [-0.3, -0.25) is 0 Å². The van der Waals surface area contributed by atoms with E-state index in [2.05, 4.69) is 37.3 Å². The highest BCUT2D eigenvalue weighted by Crippen LogP contribution is 2.23. The lowest BCUT2D eigenvalue weighted by Crippen LogP contribution is -2.13. The van der Waals surface area contributed by atoms with Crippen LogP contribution in [0, 0.1) is 0 Å². The smallest absolute Gasteiger partial charge is 0.180 e. The zero-order chi connectivity index (χ0) is 11.9. The van der Waals surface area contributed by atoms with E-state index in [9.17, 15) is 0 Å². The molecule has 1 aliphatic rings. The second kappa shape index (κ2) is 6.58.